The van der Waals surface area contributed by atoms with Crippen LogP contribution in [0.2, 0.25) is 0 Å². The summed E-state index contributed by atoms with van der Waals surface area (Å²) >= 11 is 0. The third kappa shape index (κ3) is 29.2. The minimum absolute atomic E-state index is 0. The fourth-order valence-electron chi connectivity index (χ4n) is 0. The fraction of sp³-hybridized carbons (Fsp3) is 0. The van der Waals surface area contributed by atoms with Crippen LogP contribution in [0.1, 0.15) is 0 Å². The maximum atomic E-state index is 3.00. The van der Waals surface area contributed by atoms with Gasteiger partial charge in [0.15, 0.2) is 0 Å². The van der Waals surface area contributed by atoms with E-state index in [9.17, 15) is 0 Å². The first-order chi connectivity index (χ1) is 1.00. The monoisotopic (exact) mass is 146 g/mol. The molecule has 0 rings (SSSR count). The quantitative estimate of drug-likeness (QED) is 0.352. The molecule has 26 valence electrons. The largest absolute Gasteiger partial charge is 0.106 e. The van der Waals surface area contributed by atoms with Crippen LogP contribution in [-0.2, 0) is 20.4 Å². The van der Waals surface area contributed by atoms with E-state index in [1.165, 1.54) is 0 Å². The Morgan fingerprint density at radius 2 is 1.00 bits per heavy atom. The van der Waals surface area contributed by atoms with Gasteiger partial charge in [-0.2, -0.15) is 0 Å². The van der Waals surface area contributed by atoms with Crippen molar-refractivity contribution in [3.05, 3.63) is 20.6 Å². The second-order valence-corrected chi connectivity index (χ2v) is 0. The Morgan fingerprint density at radius 3 is 1.00 bits per heavy atom. The van der Waals surface area contributed by atoms with Gasteiger partial charge in [0.2, 0.25) is 0 Å². The molecule has 4 heavy (non-hydrogen) atoms. The van der Waals surface area contributed by atoms with Crippen LogP contribution in [0.25, 0.3) is 0 Å². The molecule has 0 aliphatic heterocycles. The summed E-state index contributed by atoms with van der Waals surface area (Å²) in [6, 6.07) is 0. The van der Waals surface area contributed by atoms with Crippen LogP contribution in [-0.4, -0.2) is 0 Å². The second-order valence-electron chi connectivity index (χ2n) is 0. The molecule has 0 aliphatic carbocycles. The Labute approximate surface area is 41.6 Å². The van der Waals surface area contributed by atoms with Crippen LogP contribution >= 0.6 is 0 Å². The standard InChI is InChI=1S/C2H4.C.Pd/c1-2;;/h1-2H2;;. The van der Waals surface area contributed by atoms with E-state index in [0.717, 1.165) is 0 Å². The van der Waals surface area contributed by atoms with Gasteiger partial charge in [0, 0.05) is 27.8 Å². The molecule has 4 radical (unpaired) electrons. The van der Waals surface area contributed by atoms with Crippen molar-refractivity contribution >= 4 is 0 Å². The summed E-state index contributed by atoms with van der Waals surface area (Å²) in [7, 11) is 0. The first-order valence-electron chi connectivity index (χ1n) is 0.500. The van der Waals surface area contributed by atoms with Crippen molar-refractivity contribution in [3.63, 3.8) is 0 Å². The van der Waals surface area contributed by atoms with E-state index < -0.39 is 0 Å². The molecule has 0 amide bonds. The molecule has 0 N–H and O–H groups in total. The Hall–Kier alpha value is 0.402. The molecule has 0 spiro atoms. The van der Waals surface area contributed by atoms with Gasteiger partial charge in [-0.05, 0) is 0 Å². The van der Waals surface area contributed by atoms with Crippen LogP contribution < -0.4 is 0 Å². The van der Waals surface area contributed by atoms with Gasteiger partial charge in [-0.25, -0.2) is 0 Å². The van der Waals surface area contributed by atoms with E-state index in [4.69, 9.17) is 0 Å². The Bertz CT molecular complexity index is 3.25. The first-order valence-corrected chi connectivity index (χ1v) is 0.500. The Kier molecular flexibility index (Phi) is 786. The van der Waals surface area contributed by atoms with E-state index in [2.05, 4.69) is 13.2 Å². The maximum Gasteiger partial charge on any atom is 0 e. The fourth-order valence-corrected chi connectivity index (χ4v) is 0. The smallest absolute Gasteiger partial charge is 0 e. The third-order valence-corrected chi connectivity index (χ3v) is 0. The van der Waals surface area contributed by atoms with Crippen LogP contribution in [0, 0.1) is 7.43 Å². The van der Waals surface area contributed by atoms with Gasteiger partial charge in [0.1, 0.15) is 0 Å². The Balaban J connectivity index is -0.00000000500. The predicted octanol–water partition coefficient (Wildman–Crippen LogP) is 0.881. The topological polar surface area (TPSA) is 0 Å². The van der Waals surface area contributed by atoms with Gasteiger partial charge in [-0.3, -0.25) is 0 Å². The molecule has 1 heteroatoms. The van der Waals surface area contributed by atoms with Gasteiger partial charge in [0.05, 0.1) is 0 Å². The van der Waals surface area contributed by atoms with Gasteiger partial charge in [0.25, 0.3) is 0 Å². The molecule has 0 nitrogen and oxygen atoms in total. The second kappa shape index (κ2) is 121. The van der Waals surface area contributed by atoms with Crippen molar-refractivity contribution in [1.29, 1.82) is 0 Å². The molecule has 0 bridgehead atoms. The average molecular weight is 146 g/mol. The van der Waals surface area contributed by atoms with Crippen molar-refractivity contribution in [2.75, 3.05) is 0 Å². The molecule has 0 aliphatic rings. The first kappa shape index (κ1) is 25.9. The predicted molar refractivity (Wildman–Crippen MR) is 14.5 cm³/mol. The zero-order valence-electron chi connectivity index (χ0n) is 2.23. The summed E-state index contributed by atoms with van der Waals surface area (Å²) in [5.41, 5.74) is 0. The van der Waals surface area contributed by atoms with Gasteiger partial charge >= 0.3 is 0 Å². The van der Waals surface area contributed by atoms with Crippen LogP contribution in [0.4, 0.5) is 0 Å². The average Bonchev–Trinajstić information content (AvgIpc) is 1.00. The normalized spacial score (nSPS) is 1.00. The van der Waals surface area contributed by atoms with E-state index in [1.54, 1.807) is 0 Å². The molecule has 0 aromatic heterocycles. The molecule has 0 saturated heterocycles. The maximum absolute atomic E-state index is 3.00. The zero-order chi connectivity index (χ0) is 2.00. The van der Waals surface area contributed by atoms with E-state index >= 15 is 0 Å². The molecule has 0 aromatic carbocycles. The number of hydrogen-bond donors (Lipinski definition) is 0. The van der Waals surface area contributed by atoms with Gasteiger partial charge in [-0.15, -0.1) is 13.2 Å². The van der Waals surface area contributed by atoms with E-state index in [0.29, 0.717) is 0 Å². The summed E-state index contributed by atoms with van der Waals surface area (Å²) in [5.74, 6) is 0. The summed E-state index contributed by atoms with van der Waals surface area (Å²) in [6.07, 6.45) is 0. The van der Waals surface area contributed by atoms with Crippen molar-refractivity contribution < 1.29 is 20.4 Å². The minimum atomic E-state index is 0. The van der Waals surface area contributed by atoms with Crippen LogP contribution in [0.5, 0.6) is 0 Å². The summed E-state index contributed by atoms with van der Waals surface area (Å²) in [4.78, 5) is 0. The van der Waals surface area contributed by atoms with Crippen molar-refractivity contribution in [1.82, 2.24) is 0 Å². The van der Waals surface area contributed by atoms with Crippen molar-refractivity contribution in [3.8, 4) is 0 Å². The number of hydrogen-bond acceptors (Lipinski definition) is 0. The third-order valence-electron chi connectivity index (χ3n) is 0. The van der Waals surface area contributed by atoms with Crippen LogP contribution in [0.3, 0.4) is 0 Å². The van der Waals surface area contributed by atoms with E-state index in [-0.39, 0.29) is 27.8 Å². The molecule has 0 fully saturated rings. The summed E-state index contributed by atoms with van der Waals surface area (Å²) in [5, 5.41) is 0. The minimum Gasteiger partial charge on any atom is -0.106 e. The Morgan fingerprint density at radius 1 is 1.00 bits per heavy atom. The molecular weight excluding hydrogens is 142 g/mol. The van der Waals surface area contributed by atoms with Gasteiger partial charge in [-0.1, -0.05) is 0 Å². The molecule has 0 saturated carbocycles. The summed E-state index contributed by atoms with van der Waals surface area (Å²) < 4.78 is 0. The van der Waals surface area contributed by atoms with Gasteiger partial charge < -0.3 is 0 Å². The van der Waals surface area contributed by atoms with Crippen molar-refractivity contribution in [2.45, 2.75) is 0 Å². The molecule has 0 atom stereocenters. The summed E-state index contributed by atoms with van der Waals surface area (Å²) in [6.45, 7) is 6.00. The molecule has 0 heterocycles. The van der Waals surface area contributed by atoms with Crippen molar-refractivity contribution in [2.24, 2.45) is 0 Å². The zero-order valence-corrected chi connectivity index (χ0v) is 3.79. The molecular formula is C3H4Pd. The molecule has 0 unspecified atom stereocenters. The van der Waals surface area contributed by atoms with E-state index in [1.807, 2.05) is 0 Å². The number of rotatable bonds is 0. The SMILES string of the molecule is C=C.[C].[Pd]. The van der Waals surface area contributed by atoms with Crippen LogP contribution in [0.15, 0.2) is 13.2 Å². The molecule has 0 aromatic rings.